The minimum Gasteiger partial charge on any atom is -0.484 e. The zero-order valence-corrected chi connectivity index (χ0v) is 19.1. The van der Waals surface area contributed by atoms with E-state index in [-0.39, 0.29) is 17.3 Å². The number of rotatable bonds is 8. The van der Waals surface area contributed by atoms with Gasteiger partial charge in [0.2, 0.25) is 10.0 Å². The molecule has 0 bridgehead atoms. The lowest BCUT2D eigenvalue weighted by Crippen LogP contribution is -2.27. The van der Waals surface area contributed by atoms with Crippen molar-refractivity contribution in [2.24, 2.45) is 0 Å². The summed E-state index contributed by atoms with van der Waals surface area (Å²) in [7, 11) is -3.50. The number of nitrogens with one attached hydrogen (secondary N) is 1. The molecule has 0 radical (unpaired) electrons. The van der Waals surface area contributed by atoms with Crippen molar-refractivity contribution in [1.29, 1.82) is 0 Å². The van der Waals surface area contributed by atoms with Gasteiger partial charge in [0.15, 0.2) is 12.4 Å². The molecule has 1 amide bonds. The Balaban J connectivity index is 1.30. The van der Waals surface area contributed by atoms with Crippen molar-refractivity contribution in [2.75, 3.05) is 25.0 Å². The van der Waals surface area contributed by atoms with Crippen LogP contribution in [0.15, 0.2) is 77.7 Å². The number of sulfonamides is 1. The summed E-state index contributed by atoms with van der Waals surface area (Å²) in [5, 5.41) is 2.66. The van der Waals surface area contributed by atoms with Crippen LogP contribution in [0, 0.1) is 5.82 Å². The Morgan fingerprint density at radius 1 is 0.853 bits per heavy atom. The fourth-order valence-corrected chi connectivity index (χ4v) is 5.12. The molecule has 0 aliphatic carbocycles. The van der Waals surface area contributed by atoms with Gasteiger partial charge in [-0.2, -0.15) is 4.31 Å². The number of carbonyl (C=O) groups excluding carboxylic acids is 2. The predicted molar refractivity (Wildman–Crippen MR) is 125 cm³/mol. The van der Waals surface area contributed by atoms with Crippen molar-refractivity contribution >= 4 is 27.4 Å². The molecule has 0 spiro atoms. The number of carbonyl (C=O) groups is 2. The maximum atomic E-state index is 13.0. The highest BCUT2D eigenvalue weighted by Gasteiger charge is 2.26. The van der Waals surface area contributed by atoms with Crippen LogP contribution in [0.4, 0.5) is 10.1 Å². The molecule has 7 nitrogen and oxygen atoms in total. The molecule has 1 N–H and O–H groups in total. The van der Waals surface area contributed by atoms with Gasteiger partial charge in [0.25, 0.3) is 5.91 Å². The fourth-order valence-electron chi connectivity index (χ4n) is 3.60. The van der Waals surface area contributed by atoms with Crippen LogP contribution >= 0.6 is 0 Å². The van der Waals surface area contributed by atoms with Gasteiger partial charge in [0.05, 0.1) is 4.90 Å². The molecule has 9 heteroatoms. The summed E-state index contributed by atoms with van der Waals surface area (Å²) in [6.07, 6.45) is 1.72. The SMILES string of the molecule is O=C(COc1ccc(C(=O)c2ccc(F)cc2)cc1)Nc1ccc(S(=O)(=O)N2CCCC2)cc1. The number of nitrogens with zero attached hydrogens (tertiary/aromatic N) is 1. The van der Waals surface area contributed by atoms with Crippen LogP contribution < -0.4 is 10.1 Å². The number of hydrogen-bond donors (Lipinski definition) is 1. The number of ketones is 1. The fraction of sp³-hybridized carbons (Fsp3) is 0.200. The van der Waals surface area contributed by atoms with E-state index in [0.717, 1.165) is 12.8 Å². The van der Waals surface area contributed by atoms with E-state index in [1.54, 1.807) is 24.3 Å². The summed E-state index contributed by atoms with van der Waals surface area (Å²) in [5.41, 5.74) is 1.23. The number of benzene rings is 3. The molecule has 1 saturated heterocycles. The van der Waals surface area contributed by atoms with E-state index in [1.807, 2.05) is 0 Å². The predicted octanol–water partition coefficient (Wildman–Crippen LogP) is 3.86. The van der Waals surface area contributed by atoms with E-state index < -0.39 is 21.7 Å². The smallest absolute Gasteiger partial charge is 0.262 e. The minimum absolute atomic E-state index is 0.193. The van der Waals surface area contributed by atoms with Gasteiger partial charge in [0, 0.05) is 29.9 Å². The molecule has 176 valence electrons. The van der Waals surface area contributed by atoms with Crippen LogP contribution in [0.25, 0.3) is 0 Å². The molecule has 0 atom stereocenters. The molecule has 0 unspecified atom stereocenters. The van der Waals surface area contributed by atoms with Crippen molar-refractivity contribution in [2.45, 2.75) is 17.7 Å². The third-order valence-electron chi connectivity index (χ3n) is 5.43. The van der Waals surface area contributed by atoms with Crippen LogP contribution in [0.2, 0.25) is 0 Å². The molecule has 0 aromatic heterocycles. The molecule has 34 heavy (non-hydrogen) atoms. The Morgan fingerprint density at radius 3 is 2.00 bits per heavy atom. The molecule has 0 saturated carbocycles. The number of amides is 1. The summed E-state index contributed by atoms with van der Waals surface area (Å²) < 4.78 is 45.1. The van der Waals surface area contributed by atoms with Crippen LogP contribution in [0.5, 0.6) is 5.75 Å². The van der Waals surface area contributed by atoms with E-state index >= 15 is 0 Å². The molecule has 1 heterocycles. The largest absolute Gasteiger partial charge is 0.484 e. The molecule has 1 fully saturated rings. The average Bonchev–Trinajstić information content (AvgIpc) is 3.40. The van der Waals surface area contributed by atoms with Gasteiger partial charge < -0.3 is 10.1 Å². The summed E-state index contributed by atoms with van der Waals surface area (Å²) in [6.45, 7) is 0.790. The lowest BCUT2D eigenvalue weighted by atomic mass is 10.0. The second-order valence-corrected chi connectivity index (χ2v) is 9.77. The third kappa shape index (κ3) is 5.49. The second kappa shape index (κ2) is 10.1. The zero-order valence-electron chi connectivity index (χ0n) is 18.2. The maximum Gasteiger partial charge on any atom is 0.262 e. The van der Waals surface area contributed by atoms with Crippen molar-refractivity contribution in [3.05, 3.63) is 89.7 Å². The second-order valence-electron chi connectivity index (χ2n) is 7.83. The standard InChI is InChI=1S/C25H23FN2O5S/c26-20-7-3-18(4-8-20)25(30)19-5-11-22(12-6-19)33-17-24(29)27-21-9-13-23(14-10-21)34(31,32)28-15-1-2-16-28/h3-14H,1-2,15-17H2,(H,27,29). The molecule has 1 aliphatic heterocycles. The van der Waals surface area contributed by atoms with Gasteiger partial charge in [-0.15, -0.1) is 0 Å². The van der Waals surface area contributed by atoms with Gasteiger partial charge in [-0.1, -0.05) is 0 Å². The Morgan fingerprint density at radius 2 is 1.41 bits per heavy atom. The first-order chi connectivity index (χ1) is 16.3. The molecule has 3 aromatic rings. The van der Waals surface area contributed by atoms with Gasteiger partial charge in [-0.05, 0) is 85.6 Å². The minimum atomic E-state index is -3.50. The zero-order chi connectivity index (χ0) is 24.1. The summed E-state index contributed by atoms with van der Waals surface area (Å²) in [4.78, 5) is 24.8. The number of hydrogen-bond acceptors (Lipinski definition) is 5. The quantitative estimate of drug-likeness (QED) is 0.492. The van der Waals surface area contributed by atoms with Gasteiger partial charge in [-0.25, -0.2) is 12.8 Å². The number of halogens is 1. The first-order valence-corrected chi connectivity index (χ1v) is 12.2. The summed E-state index contributed by atoms with van der Waals surface area (Å²) in [6, 6.07) is 17.6. The third-order valence-corrected chi connectivity index (χ3v) is 7.35. The Bertz CT molecular complexity index is 1270. The number of ether oxygens (including phenoxy) is 1. The van der Waals surface area contributed by atoms with Gasteiger partial charge in [-0.3, -0.25) is 9.59 Å². The topological polar surface area (TPSA) is 92.8 Å². The monoisotopic (exact) mass is 482 g/mol. The van der Waals surface area contributed by atoms with E-state index in [9.17, 15) is 22.4 Å². The molecule has 4 rings (SSSR count). The van der Waals surface area contributed by atoms with Crippen LogP contribution in [0.3, 0.4) is 0 Å². The van der Waals surface area contributed by atoms with E-state index in [1.165, 1.54) is 52.8 Å². The lowest BCUT2D eigenvalue weighted by Gasteiger charge is -2.15. The average molecular weight is 483 g/mol. The van der Waals surface area contributed by atoms with E-state index in [4.69, 9.17) is 4.74 Å². The molecule has 3 aromatic carbocycles. The highest BCUT2D eigenvalue weighted by Crippen LogP contribution is 2.22. The van der Waals surface area contributed by atoms with Crippen LogP contribution in [0.1, 0.15) is 28.8 Å². The normalized spacial score (nSPS) is 14.0. The van der Waals surface area contributed by atoms with Crippen molar-refractivity contribution < 1.29 is 27.1 Å². The Hall–Kier alpha value is -3.56. The Labute approximate surface area is 197 Å². The van der Waals surface area contributed by atoms with Crippen molar-refractivity contribution in [1.82, 2.24) is 4.31 Å². The first kappa shape index (κ1) is 23.6. The molecule has 1 aliphatic rings. The van der Waals surface area contributed by atoms with Crippen molar-refractivity contribution in [3.63, 3.8) is 0 Å². The van der Waals surface area contributed by atoms with Gasteiger partial charge in [0.1, 0.15) is 11.6 Å². The van der Waals surface area contributed by atoms with Gasteiger partial charge >= 0.3 is 0 Å². The Kier molecular flexibility index (Phi) is 7.04. The molecular formula is C25H23FN2O5S. The lowest BCUT2D eigenvalue weighted by molar-refractivity contribution is -0.118. The van der Waals surface area contributed by atoms with Crippen LogP contribution in [-0.4, -0.2) is 44.1 Å². The first-order valence-electron chi connectivity index (χ1n) is 10.8. The van der Waals surface area contributed by atoms with E-state index in [0.29, 0.717) is 35.7 Å². The maximum absolute atomic E-state index is 13.0. The highest BCUT2D eigenvalue weighted by molar-refractivity contribution is 7.89. The highest BCUT2D eigenvalue weighted by atomic mass is 32.2. The van der Waals surface area contributed by atoms with Crippen LogP contribution in [-0.2, 0) is 14.8 Å². The summed E-state index contributed by atoms with van der Waals surface area (Å²) in [5.74, 6) is -0.680. The van der Waals surface area contributed by atoms with Crippen molar-refractivity contribution in [3.8, 4) is 5.75 Å². The number of anilines is 1. The summed E-state index contributed by atoms with van der Waals surface area (Å²) >= 11 is 0. The van der Waals surface area contributed by atoms with E-state index in [2.05, 4.69) is 5.32 Å². The molecular weight excluding hydrogens is 459 g/mol.